The van der Waals surface area contributed by atoms with Crippen molar-refractivity contribution < 1.29 is 23.4 Å². The second-order valence-corrected chi connectivity index (χ2v) is 3.76. The number of aromatic nitrogens is 1. The average molecular weight is 224 g/mol. The van der Waals surface area contributed by atoms with Gasteiger partial charge in [-0.15, -0.1) is 0 Å². The van der Waals surface area contributed by atoms with E-state index < -0.39 is 13.9 Å². The molecular weight excluding hydrogens is 211 g/mol. The van der Waals surface area contributed by atoms with E-state index in [0.717, 1.165) is 0 Å². The molecule has 0 radical (unpaired) electrons. The van der Waals surface area contributed by atoms with Crippen LogP contribution in [-0.2, 0) is 9.09 Å². The second kappa shape index (κ2) is 5.77. The molecule has 0 unspecified atom stereocenters. The van der Waals surface area contributed by atoms with Crippen LogP contribution in [0.3, 0.4) is 0 Å². The van der Waals surface area contributed by atoms with Crippen molar-refractivity contribution in [1.82, 2.24) is 5.16 Å². The van der Waals surface area contributed by atoms with Crippen molar-refractivity contribution in [2.75, 3.05) is 5.73 Å². The molecular formula is C6H13N2O5P. The molecule has 7 nitrogen and oxygen atoms in total. The van der Waals surface area contributed by atoms with Crippen LogP contribution >= 0.6 is 7.82 Å². The topological polar surface area (TPSA) is 119 Å². The van der Waals surface area contributed by atoms with Crippen molar-refractivity contribution in [1.29, 1.82) is 0 Å². The zero-order valence-corrected chi connectivity index (χ0v) is 8.72. The standard InChI is InChI=1S/C3H4N2O.C3H9O4P/c4-3-1-2-6-5-3;1-3(2)7-8(4,5)6/h1-2H,(H2,4,5);3H,1-2H3,(H2,4,5,6). The van der Waals surface area contributed by atoms with Crippen LogP contribution in [0.5, 0.6) is 0 Å². The molecule has 1 aromatic heterocycles. The molecule has 0 amide bonds. The molecule has 0 atom stereocenters. The molecule has 4 N–H and O–H groups in total. The van der Waals surface area contributed by atoms with Crippen LogP contribution in [0.1, 0.15) is 13.8 Å². The molecule has 0 saturated carbocycles. The van der Waals surface area contributed by atoms with Gasteiger partial charge in [0.25, 0.3) is 0 Å². The van der Waals surface area contributed by atoms with Gasteiger partial charge in [0.1, 0.15) is 6.26 Å². The molecule has 0 saturated heterocycles. The van der Waals surface area contributed by atoms with E-state index in [4.69, 9.17) is 15.5 Å². The Labute approximate surface area is 81.1 Å². The maximum Gasteiger partial charge on any atom is 0.469 e. The first kappa shape index (κ1) is 13.1. The van der Waals surface area contributed by atoms with Gasteiger partial charge in [0.15, 0.2) is 5.82 Å². The summed E-state index contributed by atoms with van der Waals surface area (Å²) in [6.07, 6.45) is 1.01. The van der Waals surface area contributed by atoms with Crippen molar-refractivity contribution in [3.63, 3.8) is 0 Å². The Morgan fingerprint density at radius 3 is 2.29 bits per heavy atom. The first-order chi connectivity index (χ1) is 6.31. The number of anilines is 1. The molecule has 8 heteroatoms. The summed E-state index contributed by atoms with van der Waals surface area (Å²) < 4.78 is 18.4. The molecule has 0 aliphatic heterocycles. The van der Waals surface area contributed by atoms with E-state index in [9.17, 15) is 4.57 Å². The van der Waals surface area contributed by atoms with Crippen LogP contribution in [0.4, 0.5) is 5.82 Å². The number of phosphoric ester groups is 1. The smallest absolute Gasteiger partial charge is 0.381 e. The maximum atomic E-state index is 9.91. The summed E-state index contributed by atoms with van der Waals surface area (Å²) in [6, 6.07) is 1.58. The zero-order chi connectivity index (χ0) is 11.2. The van der Waals surface area contributed by atoms with E-state index in [1.54, 1.807) is 19.9 Å². The van der Waals surface area contributed by atoms with Gasteiger partial charge in [0, 0.05) is 6.07 Å². The fraction of sp³-hybridized carbons (Fsp3) is 0.500. The first-order valence-corrected chi connectivity index (χ1v) is 5.24. The van der Waals surface area contributed by atoms with Crippen LogP contribution in [0.25, 0.3) is 0 Å². The van der Waals surface area contributed by atoms with Crippen molar-refractivity contribution in [3.8, 4) is 0 Å². The summed E-state index contributed by atoms with van der Waals surface area (Å²) in [5.41, 5.74) is 5.07. The largest absolute Gasteiger partial charge is 0.469 e. The first-order valence-electron chi connectivity index (χ1n) is 3.71. The summed E-state index contributed by atoms with van der Waals surface area (Å²) in [7, 11) is -4.22. The van der Waals surface area contributed by atoms with Crippen molar-refractivity contribution in [2.45, 2.75) is 20.0 Å². The lowest BCUT2D eigenvalue weighted by Crippen LogP contribution is -1.98. The van der Waals surface area contributed by atoms with E-state index >= 15 is 0 Å². The third-order valence-corrected chi connectivity index (χ3v) is 1.50. The van der Waals surface area contributed by atoms with Gasteiger partial charge in [0.2, 0.25) is 0 Å². The lowest BCUT2D eigenvalue weighted by atomic mass is 10.5. The lowest BCUT2D eigenvalue weighted by molar-refractivity contribution is 0.156. The number of nitrogens with two attached hydrogens (primary N) is 1. The number of hydrogen-bond acceptors (Lipinski definition) is 5. The van der Waals surface area contributed by atoms with E-state index in [0.29, 0.717) is 5.82 Å². The van der Waals surface area contributed by atoms with Gasteiger partial charge in [-0.05, 0) is 13.8 Å². The maximum absolute atomic E-state index is 9.91. The Bertz CT molecular complexity index is 280. The fourth-order valence-electron chi connectivity index (χ4n) is 0.496. The van der Waals surface area contributed by atoms with Gasteiger partial charge in [-0.25, -0.2) is 4.57 Å². The fourth-order valence-corrected chi connectivity index (χ4v) is 1.05. The normalized spacial score (nSPS) is 10.9. The second-order valence-electron chi connectivity index (χ2n) is 2.57. The molecule has 0 aliphatic carbocycles. The van der Waals surface area contributed by atoms with E-state index in [1.165, 1.54) is 6.26 Å². The van der Waals surface area contributed by atoms with E-state index in [1.807, 2.05) is 0 Å². The molecule has 0 bridgehead atoms. The third kappa shape index (κ3) is 9.21. The minimum absolute atomic E-state index is 0.421. The van der Waals surface area contributed by atoms with Gasteiger partial charge in [-0.2, -0.15) is 0 Å². The summed E-state index contributed by atoms with van der Waals surface area (Å²) in [5, 5.41) is 3.32. The molecule has 1 rings (SSSR count). The summed E-state index contributed by atoms with van der Waals surface area (Å²) in [5.74, 6) is 0.426. The lowest BCUT2D eigenvalue weighted by Gasteiger charge is -2.06. The van der Waals surface area contributed by atoms with Gasteiger partial charge in [-0.3, -0.25) is 4.52 Å². The Kier molecular flexibility index (Phi) is 5.40. The highest BCUT2D eigenvalue weighted by molar-refractivity contribution is 7.46. The molecule has 0 aromatic carbocycles. The number of nitrogen functional groups attached to an aromatic ring is 1. The van der Waals surface area contributed by atoms with Crippen LogP contribution in [0.15, 0.2) is 16.9 Å². The molecule has 0 aliphatic rings. The predicted octanol–water partition coefficient (Wildman–Crippen LogP) is 0.761. The molecule has 1 heterocycles. The van der Waals surface area contributed by atoms with Crippen LogP contribution in [-0.4, -0.2) is 21.0 Å². The monoisotopic (exact) mass is 224 g/mol. The Hall–Kier alpha value is -0.880. The number of hydrogen-bond donors (Lipinski definition) is 3. The third-order valence-electron chi connectivity index (χ3n) is 0.806. The van der Waals surface area contributed by atoms with E-state index in [2.05, 4.69) is 14.2 Å². The molecule has 0 spiro atoms. The number of phosphoric acid groups is 1. The highest BCUT2D eigenvalue weighted by atomic mass is 31.2. The Balaban J connectivity index is 0.000000249. The van der Waals surface area contributed by atoms with Crippen LogP contribution in [0.2, 0.25) is 0 Å². The predicted molar refractivity (Wildman–Crippen MR) is 49.2 cm³/mol. The van der Waals surface area contributed by atoms with Gasteiger partial charge >= 0.3 is 7.82 Å². The number of nitrogens with zero attached hydrogens (tertiary/aromatic N) is 1. The average Bonchev–Trinajstić information content (AvgIpc) is 2.34. The van der Waals surface area contributed by atoms with Crippen molar-refractivity contribution in [2.24, 2.45) is 0 Å². The van der Waals surface area contributed by atoms with Gasteiger partial charge in [0.05, 0.1) is 6.10 Å². The van der Waals surface area contributed by atoms with Crippen molar-refractivity contribution >= 4 is 13.6 Å². The highest BCUT2D eigenvalue weighted by Gasteiger charge is 2.14. The van der Waals surface area contributed by atoms with E-state index in [-0.39, 0.29) is 0 Å². The zero-order valence-electron chi connectivity index (χ0n) is 7.82. The minimum atomic E-state index is -4.22. The van der Waals surface area contributed by atoms with Crippen molar-refractivity contribution in [3.05, 3.63) is 12.3 Å². The van der Waals surface area contributed by atoms with Gasteiger partial charge in [-0.1, -0.05) is 5.16 Å². The minimum Gasteiger partial charge on any atom is -0.381 e. The van der Waals surface area contributed by atoms with Gasteiger partial charge < -0.3 is 20.0 Å². The Morgan fingerprint density at radius 2 is 2.21 bits per heavy atom. The molecule has 0 fully saturated rings. The molecule has 82 valence electrons. The SMILES string of the molecule is CC(C)OP(=O)(O)O.Nc1ccon1. The van der Waals surface area contributed by atoms with Crippen LogP contribution in [0, 0.1) is 0 Å². The summed E-state index contributed by atoms with van der Waals surface area (Å²) in [4.78, 5) is 16.2. The molecule has 1 aromatic rings. The number of rotatable bonds is 2. The Morgan fingerprint density at radius 1 is 1.64 bits per heavy atom. The molecule has 14 heavy (non-hydrogen) atoms. The van der Waals surface area contributed by atoms with Crippen LogP contribution < -0.4 is 5.73 Å². The summed E-state index contributed by atoms with van der Waals surface area (Å²) in [6.45, 7) is 3.11. The highest BCUT2D eigenvalue weighted by Crippen LogP contribution is 2.37. The quantitative estimate of drug-likeness (QED) is 0.634. The summed E-state index contributed by atoms with van der Waals surface area (Å²) >= 11 is 0.